The zero-order valence-electron chi connectivity index (χ0n) is 10.8. The molecule has 92 valence electrons. The number of hydrogen-bond donors (Lipinski definition) is 1. The summed E-state index contributed by atoms with van der Waals surface area (Å²) >= 11 is 0. The lowest BCUT2D eigenvalue weighted by atomic mass is 9.68. The average molecular weight is 225 g/mol. The summed E-state index contributed by atoms with van der Waals surface area (Å²) in [4.78, 5) is 11.4. The maximum atomic E-state index is 11.4. The lowest BCUT2D eigenvalue weighted by Crippen LogP contribution is -2.38. The summed E-state index contributed by atoms with van der Waals surface area (Å²) in [5, 5.41) is 18.7. The van der Waals surface area contributed by atoms with Crippen LogP contribution in [0.25, 0.3) is 0 Å². The zero-order chi connectivity index (χ0) is 12.8. The van der Waals surface area contributed by atoms with E-state index in [1.807, 2.05) is 27.7 Å². The summed E-state index contributed by atoms with van der Waals surface area (Å²) < 4.78 is 0. The molecule has 0 aromatic heterocycles. The lowest BCUT2D eigenvalue weighted by Gasteiger charge is -2.32. The molecule has 3 heteroatoms. The first-order valence-corrected chi connectivity index (χ1v) is 6.09. The van der Waals surface area contributed by atoms with Gasteiger partial charge in [-0.2, -0.15) is 5.26 Å². The van der Waals surface area contributed by atoms with E-state index in [-0.39, 0.29) is 11.8 Å². The van der Waals surface area contributed by atoms with Gasteiger partial charge in [-0.05, 0) is 24.7 Å². The van der Waals surface area contributed by atoms with Crippen molar-refractivity contribution in [1.82, 2.24) is 0 Å². The molecule has 0 amide bonds. The van der Waals surface area contributed by atoms with Gasteiger partial charge in [-0.3, -0.25) is 4.79 Å². The van der Waals surface area contributed by atoms with Crippen molar-refractivity contribution in [2.24, 2.45) is 17.3 Å². The Morgan fingerprint density at radius 1 is 1.44 bits per heavy atom. The van der Waals surface area contributed by atoms with Crippen LogP contribution in [0.5, 0.6) is 0 Å². The van der Waals surface area contributed by atoms with E-state index in [4.69, 9.17) is 0 Å². The Balaban J connectivity index is 5.17. The Bertz CT molecular complexity index is 268. The van der Waals surface area contributed by atoms with Crippen molar-refractivity contribution in [3.63, 3.8) is 0 Å². The van der Waals surface area contributed by atoms with E-state index in [2.05, 4.69) is 6.07 Å². The third-order valence-corrected chi connectivity index (χ3v) is 3.14. The van der Waals surface area contributed by atoms with Gasteiger partial charge in [0.05, 0.1) is 6.07 Å². The molecule has 0 saturated heterocycles. The topological polar surface area (TPSA) is 61.1 Å². The molecule has 0 heterocycles. The molecule has 3 nitrogen and oxygen atoms in total. The van der Waals surface area contributed by atoms with E-state index in [1.165, 1.54) is 0 Å². The number of rotatable bonds is 7. The fourth-order valence-corrected chi connectivity index (χ4v) is 2.40. The van der Waals surface area contributed by atoms with Crippen LogP contribution in [0.3, 0.4) is 0 Å². The quantitative estimate of drug-likeness (QED) is 0.721. The molecule has 0 radical (unpaired) electrons. The molecule has 0 aromatic carbocycles. The fraction of sp³-hybridized carbons (Fsp3) is 0.846. The number of nitrogens with zero attached hydrogens (tertiary/aromatic N) is 1. The third-order valence-electron chi connectivity index (χ3n) is 3.14. The van der Waals surface area contributed by atoms with Crippen LogP contribution in [0.4, 0.5) is 0 Å². The van der Waals surface area contributed by atoms with Gasteiger partial charge in [-0.1, -0.05) is 40.5 Å². The molecule has 2 atom stereocenters. The predicted octanol–water partition coefficient (Wildman–Crippen LogP) is 3.45. The van der Waals surface area contributed by atoms with Crippen molar-refractivity contribution in [2.45, 2.75) is 53.4 Å². The van der Waals surface area contributed by atoms with Gasteiger partial charge in [0, 0.05) is 0 Å². The van der Waals surface area contributed by atoms with Crippen molar-refractivity contribution >= 4 is 5.97 Å². The molecular weight excluding hydrogens is 202 g/mol. The van der Waals surface area contributed by atoms with Gasteiger partial charge in [0.2, 0.25) is 0 Å². The molecule has 0 saturated carbocycles. The molecule has 0 fully saturated rings. The number of carboxylic acid groups (broad SMARTS) is 1. The Morgan fingerprint density at radius 2 is 2.00 bits per heavy atom. The SMILES string of the molecule is CCCC(CC)C(C#N)(CC(C)C)C(=O)O. The van der Waals surface area contributed by atoms with E-state index >= 15 is 0 Å². The van der Waals surface area contributed by atoms with Crippen LogP contribution in [0, 0.1) is 28.6 Å². The summed E-state index contributed by atoms with van der Waals surface area (Å²) in [6.45, 7) is 7.93. The maximum absolute atomic E-state index is 11.4. The summed E-state index contributed by atoms with van der Waals surface area (Å²) in [7, 11) is 0. The normalized spacial score (nSPS) is 16.5. The van der Waals surface area contributed by atoms with Crippen LogP contribution in [-0.4, -0.2) is 11.1 Å². The van der Waals surface area contributed by atoms with Gasteiger partial charge >= 0.3 is 5.97 Å². The zero-order valence-corrected chi connectivity index (χ0v) is 10.8. The molecule has 0 aliphatic heterocycles. The number of aliphatic carboxylic acids is 1. The Hall–Kier alpha value is -1.04. The number of hydrogen-bond acceptors (Lipinski definition) is 2. The van der Waals surface area contributed by atoms with Crippen molar-refractivity contribution < 1.29 is 9.90 Å². The highest BCUT2D eigenvalue weighted by molar-refractivity contribution is 5.78. The van der Waals surface area contributed by atoms with Gasteiger partial charge in [0.1, 0.15) is 0 Å². The van der Waals surface area contributed by atoms with Crippen LogP contribution < -0.4 is 0 Å². The first-order chi connectivity index (χ1) is 7.44. The number of carboxylic acids is 1. The highest BCUT2D eigenvalue weighted by atomic mass is 16.4. The molecule has 0 spiro atoms. The average Bonchev–Trinajstić information content (AvgIpc) is 2.22. The largest absolute Gasteiger partial charge is 0.480 e. The van der Waals surface area contributed by atoms with E-state index < -0.39 is 11.4 Å². The maximum Gasteiger partial charge on any atom is 0.324 e. The minimum Gasteiger partial charge on any atom is -0.480 e. The molecule has 1 N–H and O–H groups in total. The molecule has 2 unspecified atom stereocenters. The lowest BCUT2D eigenvalue weighted by molar-refractivity contribution is -0.149. The van der Waals surface area contributed by atoms with E-state index in [0.29, 0.717) is 6.42 Å². The van der Waals surface area contributed by atoms with Gasteiger partial charge in [-0.15, -0.1) is 0 Å². The molecule has 0 bridgehead atoms. The second-order valence-electron chi connectivity index (χ2n) is 4.88. The van der Waals surface area contributed by atoms with Gasteiger partial charge in [0.15, 0.2) is 5.41 Å². The monoisotopic (exact) mass is 225 g/mol. The van der Waals surface area contributed by atoms with Crippen LogP contribution in [0.2, 0.25) is 0 Å². The summed E-state index contributed by atoms with van der Waals surface area (Å²) in [5.41, 5.74) is -1.20. The van der Waals surface area contributed by atoms with E-state index in [0.717, 1.165) is 19.3 Å². The second-order valence-corrected chi connectivity index (χ2v) is 4.88. The first kappa shape index (κ1) is 15.0. The van der Waals surface area contributed by atoms with Crippen LogP contribution in [-0.2, 0) is 4.79 Å². The van der Waals surface area contributed by atoms with E-state index in [1.54, 1.807) is 0 Å². The minimum absolute atomic E-state index is 0.0394. The van der Waals surface area contributed by atoms with Crippen molar-refractivity contribution in [3.05, 3.63) is 0 Å². The standard InChI is InChI=1S/C13H23NO2/c1-5-7-11(6-2)13(9-14,12(15)16)8-10(3)4/h10-11H,5-8H2,1-4H3,(H,15,16). The fourth-order valence-electron chi connectivity index (χ4n) is 2.40. The van der Waals surface area contributed by atoms with Crippen LogP contribution >= 0.6 is 0 Å². The highest BCUT2D eigenvalue weighted by Crippen LogP contribution is 2.39. The Morgan fingerprint density at radius 3 is 2.25 bits per heavy atom. The predicted molar refractivity (Wildman–Crippen MR) is 63.8 cm³/mol. The molecular formula is C13H23NO2. The Labute approximate surface area is 98.5 Å². The third kappa shape index (κ3) is 3.23. The summed E-state index contributed by atoms with van der Waals surface area (Å²) in [5.74, 6) is -0.770. The van der Waals surface area contributed by atoms with E-state index in [9.17, 15) is 15.2 Å². The first-order valence-electron chi connectivity index (χ1n) is 6.09. The summed E-state index contributed by atoms with van der Waals surface area (Å²) in [6.07, 6.45) is 2.92. The van der Waals surface area contributed by atoms with Crippen molar-refractivity contribution in [3.8, 4) is 6.07 Å². The highest BCUT2D eigenvalue weighted by Gasteiger charge is 2.45. The van der Waals surface area contributed by atoms with Gasteiger partial charge < -0.3 is 5.11 Å². The molecule has 0 aliphatic carbocycles. The molecule has 16 heavy (non-hydrogen) atoms. The molecule has 0 rings (SSSR count). The molecule has 0 aromatic rings. The second kappa shape index (κ2) is 6.52. The summed E-state index contributed by atoms with van der Waals surface area (Å²) in [6, 6.07) is 2.08. The number of nitriles is 1. The van der Waals surface area contributed by atoms with Crippen molar-refractivity contribution in [1.29, 1.82) is 5.26 Å². The minimum atomic E-state index is -1.20. The van der Waals surface area contributed by atoms with Crippen LogP contribution in [0.15, 0.2) is 0 Å². The van der Waals surface area contributed by atoms with Crippen molar-refractivity contribution in [2.75, 3.05) is 0 Å². The van der Waals surface area contributed by atoms with Gasteiger partial charge in [0.25, 0.3) is 0 Å². The molecule has 0 aliphatic rings. The number of carbonyl (C=O) groups is 1. The smallest absolute Gasteiger partial charge is 0.324 e. The Kier molecular flexibility index (Phi) is 6.10. The van der Waals surface area contributed by atoms with Crippen LogP contribution in [0.1, 0.15) is 53.4 Å². The van der Waals surface area contributed by atoms with Gasteiger partial charge in [-0.25, -0.2) is 0 Å².